The summed E-state index contributed by atoms with van der Waals surface area (Å²) in [6.07, 6.45) is -0.655. The first-order valence-electron chi connectivity index (χ1n) is 4.30. The largest absolute Gasteiger partial charge is 0.550 e. The van der Waals surface area contributed by atoms with Crippen LogP contribution in [-0.2, 0) is 9.59 Å². The molecule has 5 nitrogen and oxygen atoms in total. The number of Topliss-reactive ketones (excluding diaryl/α,β-unsaturated/α-hetero) is 1. The molecule has 0 amide bonds. The van der Waals surface area contributed by atoms with Gasteiger partial charge in [0.15, 0.2) is 11.4 Å². The highest BCUT2D eigenvalue weighted by Crippen LogP contribution is 2.15. The number of carbonyl (C=O) groups excluding carboxylic acids is 2. The van der Waals surface area contributed by atoms with Crippen LogP contribution in [0.2, 0.25) is 0 Å². The van der Waals surface area contributed by atoms with Gasteiger partial charge in [0.25, 0.3) is 0 Å². The highest BCUT2D eigenvalue weighted by molar-refractivity contribution is 5.88. The molecular weight excluding hydrogens is 257 g/mol. The lowest BCUT2D eigenvalue weighted by Gasteiger charge is -2.34. The van der Waals surface area contributed by atoms with Crippen LogP contribution in [0, 0.1) is 0 Å². The number of rotatable bonds is 5. The molecule has 1 atom stereocenters. The molecule has 0 saturated heterocycles. The number of carboxylic acids is 1. The summed E-state index contributed by atoms with van der Waals surface area (Å²) < 4.78 is 0.309. The second-order valence-corrected chi connectivity index (χ2v) is 4.58. The molecule has 0 radical (unpaired) electrons. The first kappa shape index (κ1) is 21.0. The van der Waals surface area contributed by atoms with Gasteiger partial charge in [-0.1, -0.05) is 0 Å². The number of carboxylic acid groups (broad SMARTS) is 1. The Morgan fingerprint density at radius 1 is 1.25 bits per heavy atom. The summed E-state index contributed by atoms with van der Waals surface area (Å²) in [6, 6.07) is 0. The number of hydrogen-bond acceptors (Lipinski definition) is 4. The Kier molecular flexibility index (Phi) is 9.26. The third-order valence-corrected chi connectivity index (χ3v) is 1.83. The van der Waals surface area contributed by atoms with Crippen LogP contribution in [-0.4, -0.2) is 54.6 Å². The minimum Gasteiger partial charge on any atom is -0.550 e. The molecule has 0 aromatic carbocycles. The van der Waals surface area contributed by atoms with Crippen LogP contribution in [0.4, 0.5) is 0 Å². The fourth-order valence-corrected chi connectivity index (χ4v) is 1.32. The van der Waals surface area contributed by atoms with Crippen molar-refractivity contribution in [3.05, 3.63) is 0 Å². The second-order valence-electron chi connectivity index (χ2n) is 4.58. The third kappa shape index (κ3) is 7.87. The Morgan fingerprint density at radius 3 is 1.81 bits per heavy atom. The molecule has 0 saturated carbocycles. The summed E-state index contributed by atoms with van der Waals surface area (Å²) in [6.45, 7) is 1.23. The van der Waals surface area contributed by atoms with E-state index in [4.69, 9.17) is 0 Å². The van der Waals surface area contributed by atoms with Gasteiger partial charge in [0.05, 0.1) is 21.1 Å². The van der Waals surface area contributed by atoms with Crippen LogP contribution in [0.5, 0.6) is 0 Å². The fourth-order valence-electron chi connectivity index (χ4n) is 1.32. The lowest BCUT2D eigenvalue weighted by atomic mass is 9.94. The summed E-state index contributed by atoms with van der Waals surface area (Å²) >= 11 is 0. The van der Waals surface area contributed by atoms with E-state index in [0.29, 0.717) is 4.48 Å². The Labute approximate surface area is 108 Å². The van der Waals surface area contributed by atoms with Gasteiger partial charge in [0.2, 0.25) is 0 Å². The van der Waals surface area contributed by atoms with E-state index in [-0.39, 0.29) is 31.4 Å². The molecule has 0 aromatic heterocycles. The van der Waals surface area contributed by atoms with E-state index in [1.807, 2.05) is 0 Å². The molecule has 98 valence electrons. The molecule has 0 rings (SSSR count). The summed E-state index contributed by atoms with van der Waals surface area (Å²) in [5, 5.41) is 20.2. The molecule has 0 aliphatic carbocycles. The number of likely N-dealkylation sites (N-methyl/N-ethyl adjacent to an activating group) is 1. The highest BCUT2D eigenvalue weighted by atomic mass is 35.5. The molecule has 0 spiro atoms. The summed E-state index contributed by atoms with van der Waals surface area (Å²) in [5.74, 6) is -1.97. The van der Waals surface area contributed by atoms with Crippen molar-refractivity contribution in [1.82, 2.24) is 0 Å². The number of ketones is 1. The minimum absolute atomic E-state index is 0. The van der Waals surface area contributed by atoms with Gasteiger partial charge in [0.1, 0.15) is 6.54 Å². The van der Waals surface area contributed by atoms with Gasteiger partial charge in [-0.2, -0.15) is 0 Å². The van der Waals surface area contributed by atoms with Crippen LogP contribution in [0.1, 0.15) is 13.3 Å². The van der Waals surface area contributed by atoms with Crippen molar-refractivity contribution in [2.75, 3.05) is 27.7 Å². The molecule has 0 fully saturated rings. The standard InChI is InChI=1S/C9H17NO4.2ClH/c1-7(11)9(14,5-8(12)13)6-10(2,3)4;;/h14H,5-6H2,1-4H3;2*1H. The Balaban J connectivity index is -0.000000845. The molecule has 0 aliphatic heterocycles. The van der Waals surface area contributed by atoms with Crippen molar-refractivity contribution in [2.45, 2.75) is 18.9 Å². The van der Waals surface area contributed by atoms with Gasteiger partial charge in [-0.15, -0.1) is 24.8 Å². The molecular formula is C9H19Cl2NO4. The van der Waals surface area contributed by atoms with Gasteiger partial charge in [-0.05, 0) is 6.92 Å². The first-order valence-corrected chi connectivity index (χ1v) is 4.30. The van der Waals surface area contributed by atoms with Gasteiger partial charge in [-0.25, -0.2) is 0 Å². The summed E-state index contributed by atoms with van der Waals surface area (Å²) in [4.78, 5) is 21.5. The molecule has 16 heavy (non-hydrogen) atoms. The molecule has 0 bridgehead atoms. The van der Waals surface area contributed by atoms with E-state index in [2.05, 4.69) is 0 Å². The van der Waals surface area contributed by atoms with E-state index in [1.165, 1.54) is 6.92 Å². The fraction of sp³-hybridized carbons (Fsp3) is 0.778. The Bertz CT molecular complexity index is 252. The normalized spacial score (nSPS) is 14.1. The van der Waals surface area contributed by atoms with Crippen molar-refractivity contribution >= 4 is 36.6 Å². The average molecular weight is 276 g/mol. The smallest absolute Gasteiger partial charge is 0.176 e. The van der Waals surface area contributed by atoms with E-state index < -0.39 is 23.8 Å². The predicted molar refractivity (Wildman–Crippen MR) is 62.7 cm³/mol. The topological polar surface area (TPSA) is 77.4 Å². The van der Waals surface area contributed by atoms with Crippen molar-refractivity contribution in [3.63, 3.8) is 0 Å². The molecule has 7 heteroatoms. The molecule has 1 unspecified atom stereocenters. The Hall–Kier alpha value is -0.360. The lowest BCUT2D eigenvalue weighted by molar-refractivity contribution is -0.875. The van der Waals surface area contributed by atoms with Crippen LogP contribution in [0.15, 0.2) is 0 Å². The SMILES string of the molecule is CC(=O)C(O)(CC(=O)[O-])C[N+](C)(C)C.Cl.Cl. The minimum atomic E-state index is -1.82. The van der Waals surface area contributed by atoms with Crippen LogP contribution in [0.25, 0.3) is 0 Å². The lowest BCUT2D eigenvalue weighted by Crippen LogP contribution is -2.55. The van der Waals surface area contributed by atoms with Gasteiger partial charge in [0, 0.05) is 12.4 Å². The second kappa shape index (κ2) is 7.06. The number of aliphatic carboxylic acids is 1. The monoisotopic (exact) mass is 275 g/mol. The molecule has 0 aliphatic rings. The first-order chi connectivity index (χ1) is 6.07. The van der Waals surface area contributed by atoms with Gasteiger partial charge in [-0.3, -0.25) is 4.79 Å². The van der Waals surface area contributed by atoms with E-state index in [1.54, 1.807) is 21.1 Å². The van der Waals surface area contributed by atoms with Gasteiger partial charge < -0.3 is 19.5 Å². The molecule has 0 heterocycles. The van der Waals surface area contributed by atoms with Crippen molar-refractivity contribution in [2.24, 2.45) is 0 Å². The van der Waals surface area contributed by atoms with Crippen LogP contribution < -0.4 is 5.11 Å². The zero-order valence-corrected chi connectivity index (χ0v) is 11.5. The van der Waals surface area contributed by atoms with E-state index in [0.717, 1.165) is 0 Å². The van der Waals surface area contributed by atoms with E-state index >= 15 is 0 Å². The number of aliphatic hydroxyl groups is 1. The summed E-state index contributed by atoms with van der Waals surface area (Å²) in [7, 11) is 5.30. The van der Waals surface area contributed by atoms with Gasteiger partial charge >= 0.3 is 0 Å². The predicted octanol–water partition coefficient (Wildman–Crippen LogP) is -1.00. The zero-order chi connectivity index (χ0) is 11.6. The Morgan fingerprint density at radius 2 is 1.62 bits per heavy atom. The quantitative estimate of drug-likeness (QED) is 0.653. The van der Waals surface area contributed by atoms with Crippen LogP contribution >= 0.6 is 24.8 Å². The maximum Gasteiger partial charge on any atom is 0.176 e. The number of carbonyl (C=O) groups is 2. The zero-order valence-electron chi connectivity index (χ0n) is 9.85. The van der Waals surface area contributed by atoms with Crippen molar-refractivity contribution in [3.8, 4) is 0 Å². The number of nitrogens with zero attached hydrogens (tertiary/aromatic N) is 1. The number of hydrogen-bond donors (Lipinski definition) is 1. The molecule has 1 N–H and O–H groups in total. The number of halogens is 2. The summed E-state index contributed by atoms with van der Waals surface area (Å²) in [5.41, 5.74) is -1.82. The highest BCUT2D eigenvalue weighted by Gasteiger charge is 2.38. The maximum absolute atomic E-state index is 11.1. The van der Waals surface area contributed by atoms with Crippen molar-refractivity contribution < 1.29 is 24.3 Å². The van der Waals surface area contributed by atoms with Crippen molar-refractivity contribution in [1.29, 1.82) is 0 Å². The third-order valence-electron chi connectivity index (χ3n) is 1.83. The average Bonchev–Trinajstić information content (AvgIpc) is 1.79. The van der Waals surface area contributed by atoms with E-state index in [9.17, 15) is 19.8 Å². The maximum atomic E-state index is 11.1. The molecule has 0 aromatic rings. The number of quaternary nitrogens is 1. The van der Waals surface area contributed by atoms with Crippen LogP contribution in [0.3, 0.4) is 0 Å².